The topological polar surface area (TPSA) is 96.4 Å². The molecule has 3 saturated heterocycles. The molecule has 0 aromatic heterocycles. The molecule has 8 heteroatoms. The van der Waals surface area contributed by atoms with Gasteiger partial charge in [0, 0.05) is 25.4 Å². The summed E-state index contributed by atoms with van der Waals surface area (Å²) in [6.07, 6.45) is 7.43. The van der Waals surface area contributed by atoms with E-state index in [2.05, 4.69) is 13.2 Å². The van der Waals surface area contributed by atoms with Crippen molar-refractivity contribution in [1.29, 1.82) is 0 Å². The normalized spacial score (nSPS) is 29.1. The molecule has 3 unspecified atom stereocenters. The van der Waals surface area contributed by atoms with Gasteiger partial charge in [-0.2, -0.15) is 0 Å². The van der Waals surface area contributed by atoms with Crippen LogP contribution in [0.5, 0.6) is 0 Å². The number of carbonyl (C=O) groups excluding carboxylic acids is 3. The number of nitrogens with zero attached hydrogens (tertiary/aromatic N) is 2. The van der Waals surface area contributed by atoms with Crippen LogP contribution in [0, 0.1) is 17.8 Å². The van der Waals surface area contributed by atoms with Gasteiger partial charge in [-0.25, -0.2) is 0 Å². The zero-order valence-electron chi connectivity index (χ0n) is 25.4. The SMILES string of the molecule is C=CCCCCOC(=O)[C@@H]1[C@H]2C(=O)N(CCCCO)C(C(=O)N(CC=C)c3ccc4ccccc4c3)C23CC(C)[C@@]1(C)O3. The molecule has 1 spiro atoms. The Morgan fingerprint density at radius 2 is 1.88 bits per heavy atom. The van der Waals surface area contributed by atoms with Gasteiger partial charge in [-0.3, -0.25) is 14.4 Å². The highest BCUT2D eigenvalue weighted by molar-refractivity contribution is 6.05. The third-order valence-electron chi connectivity index (χ3n) is 9.78. The van der Waals surface area contributed by atoms with Crippen molar-refractivity contribution in [3.05, 3.63) is 67.8 Å². The van der Waals surface area contributed by atoms with E-state index in [0.29, 0.717) is 31.4 Å². The summed E-state index contributed by atoms with van der Waals surface area (Å²) < 4.78 is 12.6. The van der Waals surface area contributed by atoms with Crippen molar-refractivity contribution in [1.82, 2.24) is 4.90 Å². The third-order valence-corrected chi connectivity index (χ3v) is 9.78. The van der Waals surface area contributed by atoms with Crippen LogP contribution in [0.3, 0.4) is 0 Å². The first kappa shape index (κ1) is 31.0. The molecule has 5 rings (SSSR count). The quantitative estimate of drug-likeness (QED) is 0.189. The molecule has 0 radical (unpaired) electrons. The summed E-state index contributed by atoms with van der Waals surface area (Å²) >= 11 is 0. The van der Waals surface area contributed by atoms with Crippen LogP contribution in [0.15, 0.2) is 67.8 Å². The highest BCUT2D eigenvalue weighted by Crippen LogP contribution is 2.65. The minimum atomic E-state index is -1.16. The van der Waals surface area contributed by atoms with Crippen molar-refractivity contribution in [3.63, 3.8) is 0 Å². The number of likely N-dealkylation sites (tertiary alicyclic amines) is 1. The monoisotopic (exact) mass is 588 g/mol. The number of hydrogen-bond donors (Lipinski definition) is 1. The van der Waals surface area contributed by atoms with Crippen molar-refractivity contribution in [2.45, 2.75) is 69.6 Å². The Hall–Kier alpha value is -3.49. The second-order valence-corrected chi connectivity index (χ2v) is 12.4. The van der Waals surface area contributed by atoms with Gasteiger partial charge in [-0.15, -0.1) is 13.2 Å². The van der Waals surface area contributed by atoms with Gasteiger partial charge < -0.3 is 24.4 Å². The summed E-state index contributed by atoms with van der Waals surface area (Å²) in [6.45, 7) is 12.3. The minimum Gasteiger partial charge on any atom is -0.465 e. The molecule has 230 valence electrons. The standard InChI is InChI=1S/C35H44N2O6/c1-5-7-8-13-21-42-33(41)29-28-31(39)37(19-11-12-20-38)30(35(28)23-24(3)34(29,4)43-35)32(40)36(18-6-2)27-17-16-25-14-9-10-15-26(25)22-27/h5-6,9-10,14-17,22,24,28-30,38H,1-2,7-8,11-13,18-21,23H2,3-4H3/t24?,28-,29-,30?,34+,35?/m0/s1. The molecule has 3 fully saturated rings. The first-order valence-corrected chi connectivity index (χ1v) is 15.5. The number of hydrogen-bond acceptors (Lipinski definition) is 6. The predicted octanol–water partition coefficient (Wildman–Crippen LogP) is 5.04. The number of aliphatic hydroxyl groups excluding tert-OH is 1. The Balaban J connectivity index is 1.52. The van der Waals surface area contributed by atoms with E-state index in [0.717, 1.165) is 23.6 Å². The maximum atomic E-state index is 14.8. The van der Waals surface area contributed by atoms with Crippen LogP contribution < -0.4 is 4.90 Å². The number of unbranched alkanes of at least 4 members (excludes halogenated alkanes) is 3. The lowest BCUT2D eigenvalue weighted by Crippen LogP contribution is -2.57. The maximum Gasteiger partial charge on any atom is 0.312 e. The van der Waals surface area contributed by atoms with Crippen molar-refractivity contribution in [3.8, 4) is 0 Å². The summed E-state index contributed by atoms with van der Waals surface area (Å²) in [5.41, 5.74) is -1.39. The van der Waals surface area contributed by atoms with E-state index in [4.69, 9.17) is 9.47 Å². The van der Waals surface area contributed by atoms with Crippen LogP contribution in [0.4, 0.5) is 5.69 Å². The Kier molecular flexibility index (Phi) is 9.09. The molecule has 1 N–H and O–H groups in total. The molecular weight excluding hydrogens is 544 g/mol. The molecule has 3 aliphatic rings. The largest absolute Gasteiger partial charge is 0.465 e. The zero-order valence-corrected chi connectivity index (χ0v) is 25.4. The van der Waals surface area contributed by atoms with Crippen molar-refractivity contribution in [2.24, 2.45) is 17.8 Å². The fourth-order valence-corrected chi connectivity index (χ4v) is 7.61. The average molecular weight is 589 g/mol. The van der Waals surface area contributed by atoms with E-state index in [-0.39, 0.29) is 44.0 Å². The number of benzene rings is 2. The Labute approximate surface area is 254 Å². The number of esters is 1. The Morgan fingerprint density at radius 1 is 1.12 bits per heavy atom. The van der Waals surface area contributed by atoms with Gasteiger partial charge in [0.2, 0.25) is 5.91 Å². The molecule has 0 saturated carbocycles. The molecule has 8 nitrogen and oxygen atoms in total. The zero-order chi connectivity index (χ0) is 30.8. The number of amides is 2. The minimum absolute atomic E-state index is 0.0126. The molecule has 43 heavy (non-hydrogen) atoms. The fraction of sp³-hybridized carbons (Fsp3) is 0.514. The lowest BCUT2D eigenvalue weighted by atomic mass is 9.62. The summed E-state index contributed by atoms with van der Waals surface area (Å²) in [6, 6.07) is 12.9. The van der Waals surface area contributed by atoms with E-state index < -0.39 is 35.0 Å². The summed E-state index contributed by atoms with van der Waals surface area (Å²) in [7, 11) is 0. The summed E-state index contributed by atoms with van der Waals surface area (Å²) in [4.78, 5) is 46.1. The van der Waals surface area contributed by atoms with Gasteiger partial charge in [0.05, 0.1) is 18.1 Å². The van der Waals surface area contributed by atoms with Crippen LogP contribution in [0.2, 0.25) is 0 Å². The highest BCUT2D eigenvalue weighted by atomic mass is 16.6. The first-order valence-electron chi connectivity index (χ1n) is 15.5. The second-order valence-electron chi connectivity index (χ2n) is 12.4. The van der Waals surface area contributed by atoms with Crippen molar-refractivity contribution in [2.75, 3.05) is 31.2 Å². The van der Waals surface area contributed by atoms with E-state index >= 15 is 0 Å². The van der Waals surface area contributed by atoms with Crippen LogP contribution in [-0.4, -0.2) is 71.3 Å². The van der Waals surface area contributed by atoms with Gasteiger partial charge in [-0.05, 0) is 74.3 Å². The molecule has 3 heterocycles. The molecule has 2 bridgehead atoms. The number of fused-ring (bicyclic) bond motifs is 2. The Morgan fingerprint density at radius 3 is 2.60 bits per heavy atom. The smallest absolute Gasteiger partial charge is 0.312 e. The van der Waals surface area contributed by atoms with E-state index in [1.165, 1.54) is 0 Å². The lowest BCUT2D eigenvalue weighted by Gasteiger charge is -2.37. The van der Waals surface area contributed by atoms with E-state index in [1.807, 2.05) is 62.4 Å². The van der Waals surface area contributed by atoms with Crippen molar-refractivity contribution < 1.29 is 29.0 Å². The third kappa shape index (κ3) is 5.29. The highest BCUT2D eigenvalue weighted by Gasteiger charge is 2.80. The van der Waals surface area contributed by atoms with Gasteiger partial charge in [0.25, 0.3) is 5.91 Å². The van der Waals surface area contributed by atoms with Gasteiger partial charge >= 0.3 is 5.97 Å². The number of rotatable bonds is 14. The number of allylic oxidation sites excluding steroid dienone is 1. The predicted molar refractivity (Wildman–Crippen MR) is 166 cm³/mol. The number of anilines is 1. The van der Waals surface area contributed by atoms with Crippen molar-refractivity contribution >= 4 is 34.2 Å². The first-order chi connectivity index (χ1) is 20.7. The molecule has 2 aromatic rings. The van der Waals surface area contributed by atoms with Gasteiger partial charge in [-0.1, -0.05) is 49.4 Å². The van der Waals surface area contributed by atoms with Crippen LogP contribution >= 0.6 is 0 Å². The molecule has 0 aliphatic carbocycles. The van der Waals surface area contributed by atoms with Crippen LogP contribution in [0.1, 0.15) is 52.4 Å². The molecule has 3 aliphatic heterocycles. The number of ether oxygens (including phenoxy) is 2. The summed E-state index contributed by atoms with van der Waals surface area (Å²) in [5, 5.41) is 11.5. The average Bonchev–Trinajstić information content (AvgIpc) is 3.51. The van der Waals surface area contributed by atoms with Gasteiger partial charge in [0.15, 0.2) is 0 Å². The van der Waals surface area contributed by atoms with E-state index in [9.17, 15) is 19.5 Å². The Bertz CT molecular complexity index is 1390. The summed E-state index contributed by atoms with van der Waals surface area (Å²) in [5.74, 6) is -2.65. The number of aliphatic hydroxyl groups is 1. The van der Waals surface area contributed by atoms with Crippen LogP contribution in [-0.2, 0) is 23.9 Å². The molecule has 6 atom stereocenters. The number of carbonyl (C=O) groups is 3. The molecule has 2 amide bonds. The fourth-order valence-electron chi connectivity index (χ4n) is 7.61. The maximum absolute atomic E-state index is 14.8. The second kappa shape index (κ2) is 12.6. The molecule has 2 aromatic carbocycles. The molecular formula is C35H44N2O6. The van der Waals surface area contributed by atoms with E-state index in [1.54, 1.807) is 15.9 Å². The lowest BCUT2D eigenvalue weighted by molar-refractivity contribution is -0.161. The van der Waals surface area contributed by atoms with Gasteiger partial charge in [0.1, 0.15) is 17.6 Å². The van der Waals surface area contributed by atoms with Crippen LogP contribution in [0.25, 0.3) is 10.8 Å².